The smallest absolute Gasteiger partial charge is 0.171 e. The third-order valence-electron chi connectivity index (χ3n) is 3.54. The average molecular weight is 362 g/mol. The molecule has 0 aliphatic carbocycles. The molecule has 134 valence electrons. The van der Waals surface area contributed by atoms with Crippen LogP contribution in [0.15, 0.2) is 36.4 Å². The van der Waals surface area contributed by atoms with E-state index < -0.39 is 0 Å². The van der Waals surface area contributed by atoms with E-state index in [0.717, 1.165) is 11.3 Å². The molecule has 0 saturated heterocycles. The molecular weight excluding hydrogens is 340 g/mol. The van der Waals surface area contributed by atoms with Crippen LogP contribution in [0.1, 0.15) is 5.56 Å². The molecule has 25 heavy (non-hydrogen) atoms. The van der Waals surface area contributed by atoms with Gasteiger partial charge in [0.25, 0.3) is 0 Å². The first-order chi connectivity index (χ1) is 12.1. The van der Waals surface area contributed by atoms with Gasteiger partial charge in [-0.3, -0.25) is 0 Å². The quantitative estimate of drug-likeness (QED) is 0.734. The Morgan fingerprint density at radius 1 is 0.800 bits per heavy atom. The number of hydrogen-bond donors (Lipinski definition) is 2. The Kier molecular flexibility index (Phi) is 6.71. The molecule has 0 heterocycles. The van der Waals surface area contributed by atoms with Gasteiger partial charge in [0.1, 0.15) is 0 Å². The molecule has 2 aromatic rings. The maximum absolute atomic E-state index is 5.34. The van der Waals surface area contributed by atoms with Gasteiger partial charge in [0.15, 0.2) is 28.1 Å². The standard InChI is InChI=1S/C18H22N2O4S/c1-21-14-7-5-12(9-16(14)23-3)11-19-18(25)20-13-6-8-15(22-2)17(10-13)24-4/h5-10H,11H2,1-4H3,(H2,19,20,25). The molecule has 0 aromatic heterocycles. The summed E-state index contributed by atoms with van der Waals surface area (Å²) in [6, 6.07) is 11.2. The summed E-state index contributed by atoms with van der Waals surface area (Å²) in [5, 5.41) is 6.77. The number of thiocarbonyl (C=S) groups is 1. The summed E-state index contributed by atoms with van der Waals surface area (Å²) < 4.78 is 21.0. The highest BCUT2D eigenvalue weighted by Crippen LogP contribution is 2.30. The van der Waals surface area contributed by atoms with Crippen molar-refractivity contribution in [2.45, 2.75) is 6.54 Å². The largest absolute Gasteiger partial charge is 0.493 e. The highest BCUT2D eigenvalue weighted by molar-refractivity contribution is 7.80. The maximum Gasteiger partial charge on any atom is 0.171 e. The monoisotopic (exact) mass is 362 g/mol. The molecular formula is C18H22N2O4S. The molecule has 0 unspecified atom stereocenters. The van der Waals surface area contributed by atoms with E-state index in [4.69, 9.17) is 31.2 Å². The normalized spacial score (nSPS) is 9.92. The number of rotatable bonds is 7. The van der Waals surface area contributed by atoms with Gasteiger partial charge < -0.3 is 29.6 Å². The van der Waals surface area contributed by atoms with E-state index in [1.807, 2.05) is 36.4 Å². The van der Waals surface area contributed by atoms with Crippen LogP contribution in [0, 0.1) is 0 Å². The minimum Gasteiger partial charge on any atom is -0.493 e. The van der Waals surface area contributed by atoms with Crippen molar-refractivity contribution in [3.8, 4) is 23.0 Å². The van der Waals surface area contributed by atoms with E-state index >= 15 is 0 Å². The number of anilines is 1. The summed E-state index contributed by atoms with van der Waals surface area (Å²) in [5.41, 5.74) is 1.83. The first-order valence-corrected chi connectivity index (χ1v) is 8.00. The van der Waals surface area contributed by atoms with Gasteiger partial charge in [-0.25, -0.2) is 0 Å². The molecule has 6 nitrogen and oxygen atoms in total. The Balaban J connectivity index is 1.97. The second-order valence-electron chi connectivity index (χ2n) is 5.07. The van der Waals surface area contributed by atoms with Crippen molar-refractivity contribution in [2.75, 3.05) is 33.8 Å². The minimum atomic E-state index is 0.502. The van der Waals surface area contributed by atoms with Crippen LogP contribution >= 0.6 is 12.2 Å². The SMILES string of the molecule is COc1ccc(CNC(=S)Nc2ccc(OC)c(OC)c2)cc1OC. The van der Waals surface area contributed by atoms with Crippen molar-refractivity contribution < 1.29 is 18.9 Å². The summed E-state index contributed by atoms with van der Waals surface area (Å²) >= 11 is 5.34. The first-order valence-electron chi connectivity index (χ1n) is 7.59. The minimum absolute atomic E-state index is 0.502. The van der Waals surface area contributed by atoms with Crippen LogP contribution in [0.3, 0.4) is 0 Å². The fourth-order valence-electron chi connectivity index (χ4n) is 2.26. The molecule has 0 bridgehead atoms. The summed E-state index contributed by atoms with van der Waals surface area (Å²) in [4.78, 5) is 0. The third-order valence-corrected chi connectivity index (χ3v) is 3.79. The zero-order chi connectivity index (χ0) is 18.2. The van der Waals surface area contributed by atoms with Crippen LogP contribution in [0.4, 0.5) is 5.69 Å². The summed E-state index contributed by atoms with van der Waals surface area (Å²) in [6.45, 7) is 0.555. The zero-order valence-electron chi connectivity index (χ0n) is 14.7. The van der Waals surface area contributed by atoms with E-state index in [1.54, 1.807) is 28.4 Å². The van der Waals surface area contributed by atoms with Crippen molar-refractivity contribution >= 4 is 23.0 Å². The van der Waals surface area contributed by atoms with Gasteiger partial charge in [-0.15, -0.1) is 0 Å². The Hall–Kier alpha value is -2.67. The van der Waals surface area contributed by atoms with E-state index in [2.05, 4.69) is 10.6 Å². The van der Waals surface area contributed by atoms with Crippen molar-refractivity contribution in [3.05, 3.63) is 42.0 Å². The zero-order valence-corrected chi connectivity index (χ0v) is 15.5. The van der Waals surface area contributed by atoms with Crippen LogP contribution in [0.5, 0.6) is 23.0 Å². The highest BCUT2D eigenvalue weighted by atomic mass is 32.1. The molecule has 0 fully saturated rings. The fourth-order valence-corrected chi connectivity index (χ4v) is 2.45. The summed E-state index contributed by atoms with van der Waals surface area (Å²) in [5.74, 6) is 2.67. The van der Waals surface area contributed by atoms with Crippen molar-refractivity contribution in [1.82, 2.24) is 5.32 Å². The Labute approximate surface area is 153 Å². The van der Waals surface area contributed by atoms with E-state index in [-0.39, 0.29) is 0 Å². The molecule has 0 amide bonds. The summed E-state index contributed by atoms with van der Waals surface area (Å²) in [7, 11) is 6.41. The Bertz CT molecular complexity index is 737. The number of nitrogens with one attached hydrogen (secondary N) is 2. The lowest BCUT2D eigenvalue weighted by atomic mass is 10.2. The van der Waals surface area contributed by atoms with Gasteiger partial charge in [0.05, 0.1) is 28.4 Å². The molecule has 2 N–H and O–H groups in total. The number of benzene rings is 2. The lowest BCUT2D eigenvalue weighted by molar-refractivity contribution is 0.354. The predicted molar refractivity (Wildman–Crippen MR) is 102 cm³/mol. The van der Waals surface area contributed by atoms with Crippen LogP contribution in [-0.2, 0) is 6.54 Å². The summed E-state index contributed by atoms with van der Waals surface area (Å²) in [6.07, 6.45) is 0. The Morgan fingerprint density at radius 2 is 1.36 bits per heavy atom. The molecule has 0 aliphatic rings. The van der Waals surface area contributed by atoms with Crippen molar-refractivity contribution in [1.29, 1.82) is 0 Å². The lowest BCUT2D eigenvalue weighted by Gasteiger charge is -2.14. The van der Waals surface area contributed by atoms with E-state index in [0.29, 0.717) is 34.7 Å². The molecule has 0 saturated carbocycles. The first kappa shape index (κ1) is 18.7. The highest BCUT2D eigenvalue weighted by Gasteiger charge is 2.07. The molecule has 0 spiro atoms. The molecule has 2 rings (SSSR count). The van der Waals surface area contributed by atoms with Crippen LogP contribution in [-0.4, -0.2) is 33.6 Å². The topological polar surface area (TPSA) is 61.0 Å². The fraction of sp³-hybridized carbons (Fsp3) is 0.278. The number of hydrogen-bond acceptors (Lipinski definition) is 5. The number of methoxy groups -OCH3 is 4. The second-order valence-corrected chi connectivity index (χ2v) is 5.48. The molecule has 0 radical (unpaired) electrons. The van der Waals surface area contributed by atoms with Gasteiger partial charge in [-0.2, -0.15) is 0 Å². The molecule has 0 atom stereocenters. The third kappa shape index (κ3) is 4.90. The van der Waals surface area contributed by atoms with Crippen molar-refractivity contribution in [3.63, 3.8) is 0 Å². The van der Waals surface area contributed by atoms with E-state index in [1.165, 1.54) is 0 Å². The van der Waals surface area contributed by atoms with Crippen LogP contribution in [0.25, 0.3) is 0 Å². The van der Waals surface area contributed by atoms with Crippen LogP contribution < -0.4 is 29.6 Å². The average Bonchev–Trinajstić information content (AvgIpc) is 2.65. The van der Waals surface area contributed by atoms with Gasteiger partial charge >= 0.3 is 0 Å². The van der Waals surface area contributed by atoms with Crippen LogP contribution in [0.2, 0.25) is 0 Å². The van der Waals surface area contributed by atoms with Gasteiger partial charge in [0, 0.05) is 18.3 Å². The number of ether oxygens (including phenoxy) is 4. The van der Waals surface area contributed by atoms with Gasteiger partial charge in [0.2, 0.25) is 0 Å². The van der Waals surface area contributed by atoms with Gasteiger partial charge in [-0.1, -0.05) is 6.07 Å². The maximum atomic E-state index is 5.34. The second kappa shape index (κ2) is 8.98. The predicted octanol–water partition coefficient (Wildman–Crippen LogP) is 3.21. The molecule has 0 aliphatic heterocycles. The molecule has 7 heteroatoms. The lowest BCUT2D eigenvalue weighted by Crippen LogP contribution is -2.27. The van der Waals surface area contributed by atoms with E-state index in [9.17, 15) is 0 Å². The van der Waals surface area contributed by atoms with Crippen molar-refractivity contribution in [2.24, 2.45) is 0 Å². The Morgan fingerprint density at radius 3 is 1.96 bits per heavy atom. The molecule has 2 aromatic carbocycles. The van der Waals surface area contributed by atoms with Gasteiger partial charge in [-0.05, 0) is 42.0 Å².